The van der Waals surface area contributed by atoms with Crippen molar-refractivity contribution in [2.24, 2.45) is 0 Å². The monoisotopic (exact) mass is 315 g/mol. The molecule has 1 aromatic heterocycles. The van der Waals surface area contributed by atoms with Gasteiger partial charge in [-0.1, -0.05) is 12.1 Å². The first-order valence-electron chi connectivity index (χ1n) is 7.38. The number of aliphatic carboxylic acids is 1. The van der Waals surface area contributed by atoms with Crippen molar-refractivity contribution in [3.8, 4) is 5.69 Å². The van der Waals surface area contributed by atoms with Gasteiger partial charge in [0, 0.05) is 18.9 Å². The van der Waals surface area contributed by atoms with Crippen LogP contribution < -0.4 is 0 Å². The molecule has 2 N–H and O–H groups in total. The van der Waals surface area contributed by atoms with E-state index in [4.69, 9.17) is 5.11 Å². The summed E-state index contributed by atoms with van der Waals surface area (Å²) in [6, 6.07) is 8.60. The Kier molecular flexibility index (Phi) is 4.01. The zero-order chi connectivity index (χ0) is 16.4. The Balaban J connectivity index is 1.84. The van der Waals surface area contributed by atoms with Gasteiger partial charge in [-0.15, -0.1) is 0 Å². The predicted octanol–water partition coefficient (Wildman–Crippen LogP) is 2.18. The van der Waals surface area contributed by atoms with Crippen LogP contribution in [0.25, 0.3) is 5.69 Å². The molecule has 0 saturated carbocycles. The van der Waals surface area contributed by atoms with Crippen LogP contribution >= 0.6 is 0 Å². The number of carboxylic acids is 1. The van der Waals surface area contributed by atoms with Gasteiger partial charge < -0.3 is 10.2 Å². The molecule has 1 fully saturated rings. The molecule has 1 aromatic carbocycles. The molecular formula is C16H17N3O4. The fraction of sp³-hybridized carbons (Fsp3) is 0.312. The number of hydrogen-bond acceptors (Lipinski definition) is 3. The number of carbonyl (C=O) groups is 2. The molecule has 120 valence electrons. The van der Waals surface area contributed by atoms with E-state index in [0.29, 0.717) is 6.42 Å². The first-order chi connectivity index (χ1) is 11.1. The smallest absolute Gasteiger partial charge is 0.408 e. The van der Waals surface area contributed by atoms with Crippen LogP contribution in [0, 0.1) is 0 Å². The van der Waals surface area contributed by atoms with Gasteiger partial charge in [-0.05, 0) is 42.5 Å². The topological polar surface area (TPSA) is 95.7 Å². The van der Waals surface area contributed by atoms with Gasteiger partial charge in [-0.3, -0.25) is 4.90 Å². The standard InChI is InChI=1S/C16H17N3O4/c20-15(21)14-10-12(5-8-18(14)16(22)23)11-3-1-4-13(9-11)19-7-2-6-17-19/h1-4,6-7,9,12,14H,5,8,10H2,(H,20,21)(H,22,23)/t12-,14+/m0/s1. The molecule has 7 heteroatoms. The lowest BCUT2D eigenvalue weighted by Crippen LogP contribution is -2.49. The Bertz CT molecular complexity index is 714. The molecule has 0 unspecified atom stereocenters. The van der Waals surface area contributed by atoms with Crippen molar-refractivity contribution in [1.82, 2.24) is 14.7 Å². The van der Waals surface area contributed by atoms with Crippen molar-refractivity contribution in [3.63, 3.8) is 0 Å². The van der Waals surface area contributed by atoms with Crippen molar-refractivity contribution in [2.45, 2.75) is 24.8 Å². The number of carboxylic acid groups (broad SMARTS) is 2. The summed E-state index contributed by atoms with van der Waals surface area (Å²) in [6.45, 7) is 0.225. The molecule has 2 heterocycles. The van der Waals surface area contributed by atoms with Crippen LogP contribution in [0.1, 0.15) is 24.3 Å². The molecule has 0 radical (unpaired) electrons. The minimum absolute atomic E-state index is 0.0159. The second-order valence-electron chi connectivity index (χ2n) is 5.60. The molecule has 23 heavy (non-hydrogen) atoms. The van der Waals surface area contributed by atoms with Crippen molar-refractivity contribution in [2.75, 3.05) is 6.54 Å². The molecule has 1 aliphatic heterocycles. The Hall–Kier alpha value is -2.83. The predicted molar refractivity (Wildman–Crippen MR) is 81.7 cm³/mol. The van der Waals surface area contributed by atoms with E-state index < -0.39 is 18.1 Å². The normalized spacial score (nSPS) is 21.1. The number of piperidine rings is 1. The maximum Gasteiger partial charge on any atom is 0.408 e. The van der Waals surface area contributed by atoms with Crippen LogP contribution in [0.2, 0.25) is 0 Å². The molecule has 7 nitrogen and oxygen atoms in total. The van der Waals surface area contributed by atoms with Gasteiger partial charge in [0.05, 0.1) is 5.69 Å². The Morgan fingerprint density at radius 1 is 1.22 bits per heavy atom. The minimum Gasteiger partial charge on any atom is -0.480 e. The number of amides is 1. The molecule has 1 amide bonds. The lowest BCUT2D eigenvalue weighted by atomic mass is 9.85. The minimum atomic E-state index is -1.18. The molecule has 2 aromatic rings. The van der Waals surface area contributed by atoms with Gasteiger partial charge in [0.2, 0.25) is 0 Å². The second kappa shape index (κ2) is 6.12. The summed E-state index contributed by atoms with van der Waals surface area (Å²) >= 11 is 0. The number of nitrogens with zero attached hydrogens (tertiary/aromatic N) is 3. The average molecular weight is 315 g/mol. The van der Waals surface area contributed by atoms with Crippen molar-refractivity contribution < 1.29 is 19.8 Å². The molecular weight excluding hydrogens is 298 g/mol. The second-order valence-corrected chi connectivity index (χ2v) is 5.60. The van der Waals surface area contributed by atoms with Crippen LogP contribution in [-0.4, -0.2) is 49.5 Å². The van der Waals surface area contributed by atoms with E-state index in [1.165, 1.54) is 0 Å². The Labute approximate surface area is 132 Å². The number of aromatic nitrogens is 2. The third kappa shape index (κ3) is 3.03. The summed E-state index contributed by atoms with van der Waals surface area (Å²) in [6.07, 6.45) is 3.24. The van der Waals surface area contributed by atoms with Crippen LogP contribution in [0.5, 0.6) is 0 Å². The van der Waals surface area contributed by atoms with E-state index >= 15 is 0 Å². The maximum absolute atomic E-state index is 11.4. The van der Waals surface area contributed by atoms with Crippen LogP contribution in [0.4, 0.5) is 4.79 Å². The van der Waals surface area contributed by atoms with Crippen LogP contribution in [-0.2, 0) is 4.79 Å². The molecule has 2 atom stereocenters. The van der Waals surface area contributed by atoms with Gasteiger partial charge >= 0.3 is 12.1 Å². The Morgan fingerprint density at radius 3 is 2.70 bits per heavy atom. The highest BCUT2D eigenvalue weighted by Gasteiger charge is 2.36. The molecule has 0 bridgehead atoms. The summed E-state index contributed by atoms with van der Waals surface area (Å²) in [5, 5.41) is 22.6. The van der Waals surface area contributed by atoms with Gasteiger partial charge in [-0.2, -0.15) is 5.10 Å². The third-order valence-electron chi connectivity index (χ3n) is 4.24. The van der Waals surface area contributed by atoms with E-state index in [2.05, 4.69) is 5.10 Å². The Morgan fingerprint density at radius 2 is 2.04 bits per heavy atom. The number of likely N-dealkylation sites (tertiary alicyclic amines) is 1. The summed E-state index contributed by atoms with van der Waals surface area (Å²) in [5.41, 5.74) is 1.91. The summed E-state index contributed by atoms with van der Waals surface area (Å²) in [5.74, 6) is -1.08. The van der Waals surface area contributed by atoms with E-state index in [-0.39, 0.29) is 18.9 Å². The van der Waals surface area contributed by atoms with E-state index in [1.54, 1.807) is 10.9 Å². The molecule has 1 saturated heterocycles. The first-order valence-corrected chi connectivity index (χ1v) is 7.38. The quantitative estimate of drug-likeness (QED) is 0.905. The van der Waals surface area contributed by atoms with Gasteiger partial charge in [0.15, 0.2) is 0 Å². The highest BCUT2D eigenvalue weighted by Crippen LogP contribution is 2.32. The van der Waals surface area contributed by atoms with Crippen LogP contribution in [0.3, 0.4) is 0 Å². The number of rotatable bonds is 3. The van der Waals surface area contributed by atoms with Crippen molar-refractivity contribution >= 4 is 12.1 Å². The fourth-order valence-corrected chi connectivity index (χ4v) is 3.07. The summed E-state index contributed by atoms with van der Waals surface area (Å²) in [7, 11) is 0. The zero-order valence-electron chi connectivity index (χ0n) is 12.4. The number of benzene rings is 1. The van der Waals surface area contributed by atoms with Crippen LogP contribution in [0.15, 0.2) is 42.7 Å². The largest absolute Gasteiger partial charge is 0.480 e. The maximum atomic E-state index is 11.4. The van der Waals surface area contributed by atoms with Gasteiger partial charge in [-0.25, -0.2) is 14.3 Å². The molecule has 1 aliphatic rings. The highest BCUT2D eigenvalue weighted by atomic mass is 16.4. The van der Waals surface area contributed by atoms with Gasteiger partial charge in [0.1, 0.15) is 6.04 Å². The average Bonchev–Trinajstić information content (AvgIpc) is 3.09. The van der Waals surface area contributed by atoms with E-state index in [1.807, 2.05) is 36.5 Å². The van der Waals surface area contributed by atoms with Crippen molar-refractivity contribution in [3.05, 3.63) is 48.3 Å². The molecule has 3 rings (SSSR count). The van der Waals surface area contributed by atoms with Crippen molar-refractivity contribution in [1.29, 1.82) is 0 Å². The van der Waals surface area contributed by atoms with E-state index in [9.17, 15) is 14.7 Å². The van der Waals surface area contributed by atoms with E-state index in [0.717, 1.165) is 16.2 Å². The lowest BCUT2D eigenvalue weighted by Gasteiger charge is -2.35. The fourth-order valence-electron chi connectivity index (χ4n) is 3.07. The third-order valence-corrected chi connectivity index (χ3v) is 4.24. The molecule has 0 spiro atoms. The van der Waals surface area contributed by atoms with Gasteiger partial charge in [0.25, 0.3) is 0 Å². The first kappa shape index (κ1) is 15.1. The lowest BCUT2D eigenvalue weighted by molar-refractivity contribution is -0.144. The highest BCUT2D eigenvalue weighted by molar-refractivity contribution is 5.79. The summed E-state index contributed by atoms with van der Waals surface area (Å²) < 4.78 is 1.74. The summed E-state index contributed by atoms with van der Waals surface area (Å²) in [4.78, 5) is 23.6. The zero-order valence-corrected chi connectivity index (χ0v) is 12.4. The SMILES string of the molecule is O=C(O)[C@H]1C[C@@H](c2cccc(-n3cccn3)c2)CCN1C(=O)O. The number of hydrogen-bond donors (Lipinski definition) is 2. The molecule has 0 aliphatic carbocycles.